The van der Waals surface area contributed by atoms with E-state index in [4.69, 9.17) is 0 Å². The molecule has 1 aliphatic heterocycles. The quantitative estimate of drug-likeness (QED) is 0.460. The molecule has 0 bridgehead atoms. The Bertz CT molecular complexity index is 1460. The molecule has 160 valence electrons. The van der Waals surface area contributed by atoms with E-state index in [0.29, 0.717) is 12.1 Å². The van der Waals surface area contributed by atoms with Gasteiger partial charge < -0.3 is 0 Å². The van der Waals surface area contributed by atoms with Gasteiger partial charge >= 0.3 is 0 Å². The first kappa shape index (κ1) is 20.3. The predicted octanol–water partition coefficient (Wildman–Crippen LogP) is 5.42. The molecule has 0 spiro atoms. The molecule has 0 aromatic heterocycles. The average Bonchev–Trinajstić information content (AvgIpc) is 2.95. The molecule has 1 heterocycles. The Morgan fingerprint density at radius 2 is 1.47 bits per heavy atom. The Morgan fingerprint density at radius 3 is 2.28 bits per heavy atom. The van der Waals surface area contributed by atoms with Gasteiger partial charge in [-0.1, -0.05) is 48.5 Å². The highest BCUT2D eigenvalue weighted by Gasteiger charge is 2.24. The summed E-state index contributed by atoms with van der Waals surface area (Å²) in [5.74, 6) is -0.0786. The summed E-state index contributed by atoms with van der Waals surface area (Å²) in [6.45, 7) is 1.54. The number of carbonyl (C=O) groups excluding carboxylic acids is 1. The number of fused-ring (bicyclic) bond motifs is 3. The first-order valence-electron chi connectivity index (χ1n) is 10.5. The lowest BCUT2D eigenvalue weighted by atomic mass is 10.0. The molecule has 5 rings (SSSR count). The highest BCUT2D eigenvalue weighted by Crippen LogP contribution is 2.37. The number of amides is 1. The van der Waals surface area contributed by atoms with Gasteiger partial charge in [-0.3, -0.25) is 14.4 Å². The van der Waals surface area contributed by atoms with Crippen molar-refractivity contribution < 1.29 is 13.2 Å². The van der Waals surface area contributed by atoms with Crippen LogP contribution < -0.4 is 9.62 Å². The monoisotopic (exact) mass is 442 g/mol. The standard InChI is InChI=1S/C26H22N2O3S/c1-18(29)28-25-9-5-4-7-20(25)10-11-22-16-23(13-15-26(22)28)27-32(30,31)24-14-12-19-6-2-3-8-21(19)17-24/h2-9,12-17,27H,10-11H2,1H3. The molecular formula is C26H22N2O3S. The van der Waals surface area contributed by atoms with Crippen LogP contribution in [0.2, 0.25) is 0 Å². The number of sulfonamides is 1. The fraction of sp³-hybridized carbons (Fsp3) is 0.115. The number of hydrogen-bond acceptors (Lipinski definition) is 3. The van der Waals surface area contributed by atoms with Crippen LogP contribution in [0.25, 0.3) is 10.8 Å². The van der Waals surface area contributed by atoms with Crippen LogP contribution in [0.4, 0.5) is 17.1 Å². The van der Waals surface area contributed by atoms with E-state index in [2.05, 4.69) is 4.72 Å². The molecule has 0 aliphatic carbocycles. The van der Waals surface area contributed by atoms with Crippen molar-refractivity contribution in [2.75, 3.05) is 9.62 Å². The van der Waals surface area contributed by atoms with Crippen molar-refractivity contribution in [3.63, 3.8) is 0 Å². The number of aryl methyl sites for hydroxylation is 2. The van der Waals surface area contributed by atoms with Crippen LogP contribution in [0.15, 0.2) is 89.8 Å². The van der Waals surface area contributed by atoms with Crippen molar-refractivity contribution in [1.29, 1.82) is 0 Å². The molecule has 32 heavy (non-hydrogen) atoms. The van der Waals surface area contributed by atoms with Crippen LogP contribution in [0.1, 0.15) is 18.1 Å². The van der Waals surface area contributed by atoms with E-state index in [0.717, 1.165) is 39.7 Å². The van der Waals surface area contributed by atoms with Crippen LogP contribution in [0.5, 0.6) is 0 Å². The Balaban J connectivity index is 1.50. The number of anilines is 3. The minimum absolute atomic E-state index is 0.0786. The molecule has 1 N–H and O–H groups in total. The van der Waals surface area contributed by atoms with E-state index in [1.807, 2.05) is 66.7 Å². The summed E-state index contributed by atoms with van der Waals surface area (Å²) in [5, 5.41) is 1.85. The summed E-state index contributed by atoms with van der Waals surface area (Å²) >= 11 is 0. The van der Waals surface area contributed by atoms with Crippen molar-refractivity contribution in [3.05, 3.63) is 96.1 Å². The number of para-hydroxylation sites is 1. The van der Waals surface area contributed by atoms with Crippen molar-refractivity contribution in [3.8, 4) is 0 Å². The average molecular weight is 443 g/mol. The minimum atomic E-state index is -3.75. The van der Waals surface area contributed by atoms with Crippen LogP contribution in [-0.4, -0.2) is 14.3 Å². The fourth-order valence-corrected chi connectivity index (χ4v) is 5.38. The van der Waals surface area contributed by atoms with Crippen molar-refractivity contribution >= 4 is 43.8 Å². The molecule has 5 nitrogen and oxygen atoms in total. The maximum Gasteiger partial charge on any atom is 0.261 e. The number of nitrogens with zero attached hydrogens (tertiary/aromatic N) is 1. The number of hydrogen-bond donors (Lipinski definition) is 1. The smallest absolute Gasteiger partial charge is 0.261 e. The minimum Gasteiger partial charge on any atom is -0.281 e. The lowest BCUT2D eigenvalue weighted by molar-refractivity contribution is -0.115. The number of benzene rings is 4. The molecule has 0 fully saturated rings. The molecule has 1 amide bonds. The lowest BCUT2D eigenvalue weighted by Crippen LogP contribution is -2.24. The van der Waals surface area contributed by atoms with Gasteiger partial charge in [0.05, 0.1) is 16.3 Å². The molecule has 4 aromatic carbocycles. The Morgan fingerprint density at radius 1 is 0.781 bits per heavy atom. The van der Waals surface area contributed by atoms with Crippen molar-refractivity contribution in [2.24, 2.45) is 0 Å². The largest absolute Gasteiger partial charge is 0.281 e. The number of nitrogens with one attached hydrogen (secondary N) is 1. The topological polar surface area (TPSA) is 66.5 Å². The summed E-state index contributed by atoms with van der Waals surface area (Å²) in [6, 6.07) is 26.0. The number of rotatable bonds is 3. The van der Waals surface area contributed by atoms with Crippen LogP contribution >= 0.6 is 0 Å². The van der Waals surface area contributed by atoms with Crippen molar-refractivity contribution in [1.82, 2.24) is 0 Å². The van der Waals surface area contributed by atoms with E-state index in [1.54, 1.807) is 30.0 Å². The maximum absolute atomic E-state index is 13.1. The highest BCUT2D eigenvalue weighted by molar-refractivity contribution is 7.92. The Labute approximate surface area is 187 Å². The molecule has 1 aliphatic rings. The van der Waals surface area contributed by atoms with E-state index in [1.165, 1.54) is 0 Å². The van der Waals surface area contributed by atoms with Gasteiger partial charge in [-0.25, -0.2) is 8.42 Å². The van der Waals surface area contributed by atoms with Crippen LogP contribution in [0, 0.1) is 0 Å². The highest BCUT2D eigenvalue weighted by atomic mass is 32.2. The summed E-state index contributed by atoms with van der Waals surface area (Å²) in [6.07, 6.45) is 1.48. The van der Waals surface area contributed by atoms with Crippen LogP contribution in [-0.2, 0) is 27.7 Å². The lowest BCUT2D eigenvalue weighted by Gasteiger charge is -2.24. The second-order valence-electron chi connectivity index (χ2n) is 7.94. The summed E-state index contributed by atoms with van der Waals surface area (Å²) in [7, 11) is -3.75. The molecule has 4 aromatic rings. The summed E-state index contributed by atoms with van der Waals surface area (Å²) in [5.41, 5.74) is 4.16. The van der Waals surface area contributed by atoms with E-state index >= 15 is 0 Å². The Kier molecular flexibility index (Phi) is 4.94. The molecule has 0 radical (unpaired) electrons. The summed E-state index contributed by atoms with van der Waals surface area (Å²) in [4.78, 5) is 14.4. The van der Waals surface area contributed by atoms with Gasteiger partial charge in [-0.15, -0.1) is 0 Å². The second kappa shape index (κ2) is 7.80. The van der Waals surface area contributed by atoms with Gasteiger partial charge in [0.25, 0.3) is 10.0 Å². The Hall–Kier alpha value is -3.64. The van der Waals surface area contributed by atoms with Crippen LogP contribution in [0.3, 0.4) is 0 Å². The van der Waals surface area contributed by atoms with Gasteiger partial charge in [0.1, 0.15) is 0 Å². The zero-order valence-corrected chi connectivity index (χ0v) is 18.4. The number of carbonyl (C=O) groups is 1. The first-order chi connectivity index (χ1) is 15.4. The van der Waals surface area contributed by atoms with E-state index in [9.17, 15) is 13.2 Å². The van der Waals surface area contributed by atoms with Gasteiger partial charge in [0, 0.05) is 12.6 Å². The van der Waals surface area contributed by atoms with Gasteiger partial charge in [-0.05, 0) is 71.1 Å². The molecule has 0 saturated heterocycles. The van der Waals surface area contributed by atoms with Gasteiger partial charge in [0.2, 0.25) is 5.91 Å². The predicted molar refractivity (Wildman–Crippen MR) is 128 cm³/mol. The van der Waals surface area contributed by atoms with Crippen molar-refractivity contribution in [2.45, 2.75) is 24.7 Å². The third-order valence-corrected chi connectivity index (χ3v) is 7.19. The van der Waals surface area contributed by atoms with E-state index < -0.39 is 10.0 Å². The third kappa shape index (κ3) is 3.63. The molecule has 0 unspecified atom stereocenters. The summed E-state index contributed by atoms with van der Waals surface area (Å²) < 4.78 is 28.8. The molecular weight excluding hydrogens is 420 g/mol. The molecule has 0 saturated carbocycles. The SMILES string of the molecule is CC(=O)N1c2ccccc2CCc2cc(NS(=O)(=O)c3ccc4ccccc4c3)ccc21. The third-order valence-electron chi connectivity index (χ3n) is 5.81. The van der Waals surface area contributed by atoms with Gasteiger partial charge in [0.15, 0.2) is 0 Å². The fourth-order valence-electron chi connectivity index (χ4n) is 4.29. The molecule has 0 atom stereocenters. The maximum atomic E-state index is 13.1. The normalized spacial score (nSPS) is 13.2. The first-order valence-corrected chi connectivity index (χ1v) is 11.9. The second-order valence-corrected chi connectivity index (χ2v) is 9.62. The zero-order valence-electron chi connectivity index (χ0n) is 17.6. The molecule has 6 heteroatoms. The van der Waals surface area contributed by atoms with Gasteiger partial charge in [-0.2, -0.15) is 0 Å². The van der Waals surface area contributed by atoms with E-state index in [-0.39, 0.29) is 10.8 Å². The zero-order chi connectivity index (χ0) is 22.3.